The van der Waals surface area contributed by atoms with E-state index >= 15 is 0 Å². The van der Waals surface area contributed by atoms with Gasteiger partial charge in [0.15, 0.2) is 0 Å². The third-order valence-corrected chi connectivity index (χ3v) is 4.13. The standard InChI is InChI=1S/C14H17F3N2O.2ClH/c15-14(16,17)20-13-4-2-1-3-11(13)9-19-6-5-10-7-18-8-12(10)19;;/h1-4,10,12,18H,5-9H2;2*1H/t10-,12+;;/m0../s1. The predicted octanol–water partition coefficient (Wildman–Crippen LogP) is 3.22. The van der Waals surface area contributed by atoms with Crippen molar-refractivity contribution < 1.29 is 17.9 Å². The Kier molecular flexibility index (Phi) is 6.80. The molecular formula is C14H19Cl2F3N2O. The van der Waals surface area contributed by atoms with Gasteiger partial charge in [0.1, 0.15) is 5.75 Å². The van der Waals surface area contributed by atoms with Gasteiger partial charge >= 0.3 is 6.36 Å². The van der Waals surface area contributed by atoms with Crippen molar-refractivity contribution in [1.29, 1.82) is 0 Å². The fraction of sp³-hybridized carbons (Fsp3) is 0.571. The van der Waals surface area contributed by atoms with Crippen LogP contribution in [0.4, 0.5) is 13.2 Å². The van der Waals surface area contributed by atoms with Gasteiger partial charge in [-0.3, -0.25) is 4.90 Å². The van der Waals surface area contributed by atoms with Crippen LogP contribution in [0.5, 0.6) is 5.75 Å². The molecule has 1 aromatic rings. The smallest absolute Gasteiger partial charge is 0.405 e. The number of nitrogens with zero attached hydrogens (tertiary/aromatic N) is 1. The molecule has 3 nitrogen and oxygen atoms in total. The highest BCUT2D eigenvalue weighted by molar-refractivity contribution is 5.85. The number of para-hydroxylation sites is 1. The van der Waals surface area contributed by atoms with Crippen molar-refractivity contribution in [2.45, 2.75) is 25.4 Å². The lowest BCUT2D eigenvalue weighted by Gasteiger charge is -2.24. The molecule has 0 radical (unpaired) electrons. The zero-order chi connectivity index (χ0) is 14.2. The summed E-state index contributed by atoms with van der Waals surface area (Å²) in [5.41, 5.74) is 0.595. The molecule has 0 unspecified atom stereocenters. The van der Waals surface area contributed by atoms with E-state index in [1.54, 1.807) is 18.2 Å². The van der Waals surface area contributed by atoms with Crippen molar-refractivity contribution in [3.05, 3.63) is 29.8 Å². The molecule has 0 aliphatic carbocycles. The molecule has 8 heteroatoms. The fourth-order valence-electron chi connectivity index (χ4n) is 3.21. The number of ether oxygens (including phenoxy) is 1. The minimum Gasteiger partial charge on any atom is -0.405 e. The maximum absolute atomic E-state index is 12.4. The van der Waals surface area contributed by atoms with Crippen LogP contribution in [0.25, 0.3) is 0 Å². The van der Waals surface area contributed by atoms with Gasteiger partial charge in [0.05, 0.1) is 0 Å². The molecule has 3 rings (SSSR count). The van der Waals surface area contributed by atoms with Crippen LogP contribution in [0.3, 0.4) is 0 Å². The largest absolute Gasteiger partial charge is 0.573 e. The maximum Gasteiger partial charge on any atom is 0.573 e. The Morgan fingerprint density at radius 3 is 2.64 bits per heavy atom. The molecule has 126 valence electrons. The summed E-state index contributed by atoms with van der Waals surface area (Å²) in [6.45, 7) is 3.39. The molecule has 2 saturated heterocycles. The highest BCUT2D eigenvalue weighted by Gasteiger charge is 2.38. The summed E-state index contributed by atoms with van der Waals surface area (Å²) in [7, 11) is 0. The molecule has 2 aliphatic rings. The van der Waals surface area contributed by atoms with Crippen molar-refractivity contribution >= 4 is 24.8 Å². The molecule has 2 aliphatic heterocycles. The van der Waals surface area contributed by atoms with Gasteiger partial charge < -0.3 is 10.1 Å². The van der Waals surface area contributed by atoms with Crippen molar-refractivity contribution in [3.63, 3.8) is 0 Å². The topological polar surface area (TPSA) is 24.5 Å². The molecule has 0 spiro atoms. The summed E-state index contributed by atoms with van der Waals surface area (Å²) in [6.07, 6.45) is -3.53. The first-order chi connectivity index (χ1) is 9.53. The Morgan fingerprint density at radius 2 is 1.91 bits per heavy atom. The normalized spacial score (nSPS) is 24.3. The minimum atomic E-state index is -4.64. The van der Waals surface area contributed by atoms with Crippen LogP contribution in [-0.4, -0.2) is 36.9 Å². The van der Waals surface area contributed by atoms with Crippen molar-refractivity contribution in [2.75, 3.05) is 19.6 Å². The lowest BCUT2D eigenvalue weighted by atomic mass is 10.0. The lowest BCUT2D eigenvalue weighted by Crippen LogP contribution is -2.33. The van der Waals surface area contributed by atoms with E-state index in [-0.39, 0.29) is 30.6 Å². The van der Waals surface area contributed by atoms with Crippen LogP contribution >= 0.6 is 24.8 Å². The molecule has 2 heterocycles. The second-order valence-corrected chi connectivity index (χ2v) is 5.40. The summed E-state index contributed by atoms with van der Waals surface area (Å²) in [4.78, 5) is 2.25. The number of halogens is 5. The summed E-state index contributed by atoms with van der Waals surface area (Å²) >= 11 is 0. The Balaban J connectivity index is 0.00000121. The van der Waals surface area contributed by atoms with E-state index in [2.05, 4.69) is 15.0 Å². The maximum atomic E-state index is 12.4. The number of likely N-dealkylation sites (tertiary alicyclic amines) is 1. The molecule has 0 amide bonds. The summed E-state index contributed by atoms with van der Waals surface area (Å²) in [5, 5.41) is 3.34. The lowest BCUT2D eigenvalue weighted by molar-refractivity contribution is -0.275. The molecule has 2 fully saturated rings. The van der Waals surface area contributed by atoms with E-state index in [1.165, 1.54) is 6.07 Å². The van der Waals surface area contributed by atoms with Gasteiger partial charge in [-0.1, -0.05) is 18.2 Å². The summed E-state index contributed by atoms with van der Waals surface area (Å²) in [5.74, 6) is 0.542. The Hall–Kier alpha value is -0.690. The molecule has 0 bridgehead atoms. The second-order valence-electron chi connectivity index (χ2n) is 5.40. The predicted molar refractivity (Wildman–Crippen MR) is 82.8 cm³/mol. The fourth-order valence-corrected chi connectivity index (χ4v) is 3.21. The summed E-state index contributed by atoms with van der Waals surface area (Å²) in [6, 6.07) is 6.84. The summed E-state index contributed by atoms with van der Waals surface area (Å²) < 4.78 is 41.3. The first-order valence-electron chi connectivity index (χ1n) is 6.81. The molecule has 0 aromatic heterocycles. The van der Waals surface area contributed by atoms with Crippen LogP contribution in [0.15, 0.2) is 24.3 Å². The van der Waals surface area contributed by atoms with E-state index in [0.717, 1.165) is 26.1 Å². The van der Waals surface area contributed by atoms with E-state index in [4.69, 9.17) is 0 Å². The number of rotatable bonds is 3. The van der Waals surface area contributed by atoms with E-state index < -0.39 is 6.36 Å². The molecular weight excluding hydrogens is 340 g/mol. The zero-order valence-corrected chi connectivity index (χ0v) is 13.4. The van der Waals surface area contributed by atoms with Gasteiger partial charge in [-0.25, -0.2) is 0 Å². The van der Waals surface area contributed by atoms with Gasteiger partial charge in [-0.15, -0.1) is 38.0 Å². The average Bonchev–Trinajstić information content (AvgIpc) is 2.94. The van der Waals surface area contributed by atoms with Gasteiger partial charge in [0, 0.05) is 24.7 Å². The monoisotopic (exact) mass is 358 g/mol. The highest BCUT2D eigenvalue weighted by atomic mass is 35.5. The molecule has 0 saturated carbocycles. The molecule has 1 aromatic carbocycles. The average molecular weight is 359 g/mol. The Bertz CT molecular complexity index is 487. The van der Waals surface area contributed by atoms with E-state index in [1.807, 2.05) is 0 Å². The number of fused-ring (bicyclic) bond motifs is 1. The minimum absolute atomic E-state index is 0. The van der Waals surface area contributed by atoms with Crippen LogP contribution in [0, 0.1) is 5.92 Å². The number of alkyl halides is 3. The van der Waals surface area contributed by atoms with Crippen LogP contribution in [0.2, 0.25) is 0 Å². The first kappa shape index (κ1) is 19.4. The SMILES string of the molecule is Cl.Cl.FC(F)(F)Oc1ccccc1CN1CC[C@H]2CNC[C@H]21. The number of hydrogen-bond donors (Lipinski definition) is 1. The van der Waals surface area contributed by atoms with Crippen molar-refractivity contribution in [3.8, 4) is 5.75 Å². The van der Waals surface area contributed by atoms with Crippen LogP contribution in [0.1, 0.15) is 12.0 Å². The van der Waals surface area contributed by atoms with Gasteiger partial charge in [0.25, 0.3) is 0 Å². The second kappa shape index (κ2) is 7.73. The van der Waals surface area contributed by atoms with Crippen molar-refractivity contribution in [2.24, 2.45) is 5.92 Å². The van der Waals surface area contributed by atoms with Crippen molar-refractivity contribution in [1.82, 2.24) is 10.2 Å². The number of benzene rings is 1. The third kappa shape index (κ3) is 4.41. The number of nitrogens with one attached hydrogen (secondary N) is 1. The molecule has 22 heavy (non-hydrogen) atoms. The van der Waals surface area contributed by atoms with Gasteiger partial charge in [0.2, 0.25) is 0 Å². The number of hydrogen-bond acceptors (Lipinski definition) is 3. The quantitative estimate of drug-likeness (QED) is 0.897. The Morgan fingerprint density at radius 1 is 1.18 bits per heavy atom. The molecule has 2 atom stereocenters. The van der Waals surface area contributed by atoms with E-state index in [0.29, 0.717) is 24.1 Å². The van der Waals surface area contributed by atoms with E-state index in [9.17, 15) is 13.2 Å². The Labute approximate surface area is 140 Å². The zero-order valence-electron chi connectivity index (χ0n) is 11.8. The van der Waals surface area contributed by atoms with Gasteiger partial charge in [-0.2, -0.15) is 0 Å². The van der Waals surface area contributed by atoms with Gasteiger partial charge in [-0.05, 0) is 31.5 Å². The first-order valence-corrected chi connectivity index (χ1v) is 6.81. The van der Waals surface area contributed by atoms with Crippen LogP contribution in [-0.2, 0) is 6.54 Å². The van der Waals surface area contributed by atoms with Crippen LogP contribution < -0.4 is 10.1 Å². The highest BCUT2D eigenvalue weighted by Crippen LogP contribution is 2.32. The third-order valence-electron chi connectivity index (χ3n) is 4.13. The molecule has 1 N–H and O–H groups in total.